The van der Waals surface area contributed by atoms with Gasteiger partial charge in [0.1, 0.15) is 6.61 Å². The molecule has 1 fully saturated rings. The van der Waals surface area contributed by atoms with Gasteiger partial charge in [-0.25, -0.2) is 4.79 Å². The van der Waals surface area contributed by atoms with Crippen molar-refractivity contribution in [2.45, 2.75) is 38.5 Å². The van der Waals surface area contributed by atoms with E-state index in [1.807, 2.05) is 31.2 Å². The first-order valence-electron chi connectivity index (χ1n) is 12.0. The third-order valence-corrected chi connectivity index (χ3v) is 7.01. The fourth-order valence-electron chi connectivity index (χ4n) is 5.14. The van der Waals surface area contributed by atoms with E-state index in [9.17, 15) is 19.5 Å². The molecule has 1 saturated heterocycles. The van der Waals surface area contributed by atoms with Gasteiger partial charge in [0.05, 0.1) is 5.92 Å². The highest BCUT2D eigenvalue weighted by Crippen LogP contribution is 2.44. The predicted octanol–water partition coefficient (Wildman–Crippen LogP) is 4.26. The maximum atomic E-state index is 12.4. The fourth-order valence-corrected chi connectivity index (χ4v) is 5.14. The third-order valence-electron chi connectivity index (χ3n) is 7.01. The average molecular weight is 465 g/mol. The van der Waals surface area contributed by atoms with E-state index in [4.69, 9.17) is 4.74 Å². The van der Waals surface area contributed by atoms with Crippen LogP contribution in [0.1, 0.15) is 49.7 Å². The summed E-state index contributed by atoms with van der Waals surface area (Å²) in [5, 5.41) is 12.0. The molecule has 2 aromatic rings. The summed E-state index contributed by atoms with van der Waals surface area (Å²) in [6, 6.07) is 16.4. The molecule has 2 aliphatic rings. The molecule has 0 radical (unpaired) electrons. The van der Waals surface area contributed by atoms with Crippen molar-refractivity contribution in [2.75, 3.05) is 26.2 Å². The van der Waals surface area contributed by atoms with Gasteiger partial charge >= 0.3 is 12.1 Å². The highest BCUT2D eigenvalue weighted by molar-refractivity contribution is 5.79. The topological polar surface area (TPSA) is 95.9 Å². The SMILES string of the molecule is CC1CN(C(=O)CCCCNC(=O)OCC2c3ccccc3-c3ccccc32)CCC1C(=O)O. The van der Waals surface area contributed by atoms with Crippen LogP contribution in [0.25, 0.3) is 11.1 Å². The van der Waals surface area contributed by atoms with Gasteiger partial charge in [-0.2, -0.15) is 0 Å². The number of rotatable bonds is 8. The van der Waals surface area contributed by atoms with Gasteiger partial charge in [-0.15, -0.1) is 0 Å². The number of carbonyl (C=O) groups is 3. The molecule has 2 N–H and O–H groups in total. The molecule has 0 saturated carbocycles. The number of hydrogen-bond acceptors (Lipinski definition) is 4. The first kappa shape index (κ1) is 23.8. The summed E-state index contributed by atoms with van der Waals surface area (Å²) in [6.45, 7) is 3.60. The van der Waals surface area contributed by atoms with E-state index in [-0.39, 0.29) is 30.3 Å². The van der Waals surface area contributed by atoms with Crippen molar-refractivity contribution in [1.29, 1.82) is 0 Å². The lowest BCUT2D eigenvalue weighted by Crippen LogP contribution is -2.44. The quantitative estimate of drug-likeness (QED) is 0.569. The van der Waals surface area contributed by atoms with Crippen LogP contribution in [0.15, 0.2) is 48.5 Å². The van der Waals surface area contributed by atoms with E-state index in [2.05, 4.69) is 29.6 Å². The minimum Gasteiger partial charge on any atom is -0.481 e. The van der Waals surface area contributed by atoms with Gasteiger partial charge in [0, 0.05) is 32.0 Å². The number of piperidine rings is 1. The first-order valence-corrected chi connectivity index (χ1v) is 12.0. The molecule has 0 aromatic heterocycles. The lowest BCUT2D eigenvalue weighted by molar-refractivity contribution is -0.148. The molecule has 4 rings (SSSR count). The molecule has 34 heavy (non-hydrogen) atoms. The lowest BCUT2D eigenvalue weighted by Gasteiger charge is -2.35. The average Bonchev–Trinajstić information content (AvgIpc) is 3.16. The Labute approximate surface area is 200 Å². The van der Waals surface area contributed by atoms with Crippen molar-refractivity contribution in [3.8, 4) is 11.1 Å². The zero-order chi connectivity index (χ0) is 24.1. The second-order valence-electron chi connectivity index (χ2n) is 9.26. The van der Waals surface area contributed by atoms with Crippen molar-refractivity contribution >= 4 is 18.0 Å². The smallest absolute Gasteiger partial charge is 0.407 e. The number of ether oxygens (including phenoxy) is 1. The summed E-state index contributed by atoms with van der Waals surface area (Å²) >= 11 is 0. The van der Waals surface area contributed by atoms with Crippen LogP contribution < -0.4 is 5.32 Å². The van der Waals surface area contributed by atoms with Gasteiger partial charge in [-0.3, -0.25) is 9.59 Å². The normalized spacial score (nSPS) is 19.3. The monoisotopic (exact) mass is 464 g/mol. The number of carboxylic acids is 1. The van der Waals surface area contributed by atoms with E-state index in [0.29, 0.717) is 45.3 Å². The Morgan fingerprint density at radius 1 is 1.03 bits per heavy atom. The molecule has 180 valence electrons. The Hall–Kier alpha value is -3.35. The van der Waals surface area contributed by atoms with Crippen LogP contribution in [0, 0.1) is 11.8 Å². The number of nitrogens with zero attached hydrogens (tertiary/aromatic N) is 1. The standard InChI is InChI=1S/C27H32N2O5/c1-18-16-29(15-13-19(18)26(31)32)25(30)12-6-7-14-28-27(33)34-17-24-22-10-4-2-8-20(22)21-9-3-5-11-23(21)24/h2-5,8-11,18-19,24H,6-7,12-17H2,1H3,(H,28,33)(H,31,32). The second-order valence-corrected chi connectivity index (χ2v) is 9.26. The zero-order valence-electron chi connectivity index (χ0n) is 19.5. The number of carbonyl (C=O) groups excluding carboxylic acids is 2. The van der Waals surface area contributed by atoms with Crippen LogP contribution in [0.2, 0.25) is 0 Å². The Morgan fingerprint density at radius 3 is 2.29 bits per heavy atom. The molecule has 1 aliphatic carbocycles. The molecular weight excluding hydrogens is 432 g/mol. The van der Waals surface area contributed by atoms with Crippen LogP contribution in [-0.4, -0.2) is 54.2 Å². The highest BCUT2D eigenvalue weighted by atomic mass is 16.5. The largest absolute Gasteiger partial charge is 0.481 e. The van der Waals surface area contributed by atoms with Crippen molar-refractivity contribution in [1.82, 2.24) is 10.2 Å². The number of nitrogens with one attached hydrogen (secondary N) is 1. The number of amides is 2. The molecule has 1 heterocycles. The Morgan fingerprint density at radius 2 is 1.68 bits per heavy atom. The number of aliphatic carboxylic acids is 1. The van der Waals surface area contributed by atoms with E-state index in [1.54, 1.807) is 4.90 Å². The summed E-state index contributed by atoms with van der Waals surface area (Å²) in [4.78, 5) is 37.7. The van der Waals surface area contributed by atoms with Gasteiger partial charge in [0.25, 0.3) is 0 Å². The highest BCUT2D eigenvalue weighted by Gasteiger charge is 2.32. The molecular formula is C27H32N2O5. The molecule has 2 atom stereocenters. The first-order chi connectivity index (χ1) is 16.5. The third kappa shape index (κ3) is 5.24. The molecule has 2 amide bonds. The Bertz CT molecular complexity index is 1010. The number of unbranched alkanes of at least 4 members (excludes halogenated alkanes) is 1. The molecule has 0 bridgehead atoms. The lowest BCUT2D eigenvalue weighted by atomic mass is 9.87. The molecule has 2 aromatic carbocycles. The Kier molecular flexibility index (Phi) is 7.50. The van der Waals surface area contributed by atoms with Crippen molar-refractivity contribution in [2.24, 2.45) is 11.8 Å². The van der Waals surface area contributed by atoms with Crippen LogP contribution in [0.5, 0.6) is 0 Å². The van der Waals surface area contributed by atoms with Crippen LogP contribution in [0.3, 0.4) is 0 Å². The number of carboxylic acid groups (broad SMARTS) is 1. The van der Waals surface area contributed by atoms with E-state index in [0.717, 1.165) is 0 Å². The van der Waals surface area contributed by atoms with Crippen LogP contribution in [0.4, 0.5) is 4.79 Å². The Balaban J connectivity index is 1.16. The number of hydrogen-bond donors (Lipinski definition) is 2. The number of alkyl carbamates (subject to hydrolysis) is 1. The summed E-state index contributed by atoms with van der Waals surface area (Å²) in [6.07, 6.45) is 1.80. The molecule has 1 aliphatic heterocycles. The summed E-state index contributed by atoms with van der Waals surface area (Å²) in [5.41, 5.74) is 4.74. The van der Waals surface area contributed by atoms with E-state index in [1.165, 1.54) is 22.3 Å². The van der Waals surface area contributed by atoms with Crippen molar-refractivity contribution < 1.29 is 24.2 Å². The molecule has 7 heteroatoms. The second kappa shape index (κ2) is 10.7. The maximum absolute atomic E-state index is 12.4. The molecule has 0 spiro atoms. The zero-order valence-corrected chi connectivity index (χ0v) is 19.5. The summed E-state index contributed by atoms with van der Waals surface area (Å²) < 4.78 is 5.53. The van der Waals surface area contributed by atoms with Crippen LogP contribution >= 0.6 is 0 Å². The fraction of sp³-hybridized carbons (Fsp3) is 0.444. The summed E-state index contributed by atoms with van der Waals surface area (Å²) in [5.74, 6) is -1.10. The predicted molar refractivity (Wildman–Crippen MR) is 128 cm³/mol. The van der Waals surface area contributed by atoms with Gasteiger partial charge in [0.15, 0.2) is 0 Å². The number of likely N-dealkylation sites (tertiary alicyclic amines) is 1. The summed E-state index contributed by atoms with van der Waals surface area (Å²) in [7, 11) is 0. The van der Waals surface area contributed by atoms with Crippen molar-refractivity contribution in [3.05, 3.63) is 59.7 Å². The minimum absolute atomic E-state index is 0.0310. The minimum atomic E-state index is -0.779. The van der Waals surface area contributed by atoms with Crippen molar-refractivity contribution in [3.63, 3.8) is 0 Å². The molecule has 2 unspecified atom stereocenters. The maximum Gasteiger partial charge on any atom is 0.407 e. The molecule has 7 nitrogen and oxygen atoms in total. The van der Waals surface area contributed by atoms with Gasteiger partial charge < -0.3 is 20.1 Å². The van der Waals surface area contributed by atoms with Gasteiger partial charge in [-0.1, -0.05) is 55.5 Å². The van der Waals surface area contributed by atoms with E-state index >= 15 is 0 Å². The number of fused-ring (bicyclic) bond motifs is 3. The van der Waals surface area contributed by atoms with Gasteiger partial charge in [-0.05, 0) is 47.4 Å². The number of benzene rings is 2. The van der Waals surface area contributed by atoms with E-state index < -0.39 is 12.1 Å². The van der Waals surface area contributed by atoms with Gasteiger partial charge in [0.2, 0.25) is 5.91 Å². The van der Waals surface area contributed by atoms with Crippen LogP contribution in [-0.2, 0) is 14.3 Å².